The summed E-state index contributed by atoms with van der Waals surface area (Å²) in [6.45, 7) is 14.0. The fourth-order valence-corrected chi connectivity index (χ4v) is 6.34. The number of hydrogen-bond donors (Lipinski definition) is 1. The summed E-state index contributed by atoms with van der Waals surface area (Å²) in [7, 11) is 1.92. The monoisotopic (exact) mass is 578 g/mol. The first-order valence-corrected chi connectivity index (χ1v) is 15.0. The number of hydrogen-bond acceptors (Lipinski definition) is 6. The van der Waals surface area contributed by atoms with Crippen molar-refractivity contribution in [2.45, 2.75) is 91.1 Å². The number of nitrogens with one attached hydrogen (secondary N) is 1. The van der Waals surface area contributed by atoms with E-state index >= 15 is 0 Å². The Hall–Kier alpha value is -3.43. The molecule has 0 radical (unpaired) electrons. The second-order valence-corrected chi connectivity index (χ2v) is 12.9. The Morgan fingerprint density at radius 1 is 1.07 bits per heavy atom. The highest BCUT2D eigenvalue weighted by molar-refractivity contribution is 5.89. The normalized spacial score (nSPS) is 23.1. The number of carbonyl (C=O) groups excluding carboxylic acids is 3. The molecular formula is C33H46N4O5. The Bertz CT molecular complexity index is 1300. The van der Waals surface area contributed by atoms with Crippen LogP contribution in [0.15, 0.2) is 42.5 Å². The highest BCUT2D eigenvalue weighted by Crippen LogP contribution is 2.45. The summed E-state index contributed by atoms with van der Waals surface area (Å²) < 4.78 is 5.53. The number of carbonyl (C=O) groups is 3. The van der Waals surface area contributed by atoms with Crippen LogP contribution in [0.4, 0.5) is 15.3 Å². The topological polar surface area (TPSA) is 102 Å². The molecule has 0 saturated carbocycles. The third-order valence-corrected chi connectivity index (χ3v) is 8.94. The summed E-state index contributed by atoms with van der Waals surface area (Å²) in [5.74, 6) is 0.0282. The fraction of sp³-hybridized carbons (Fsp3) is 0.545. The predicted octanol–water partition coefficient (Wildman–Crippen LogP) is 4.82. The number of rotatable bonds is 6. The minimum atomic E-state index is -1.20. The van der Waals surface area contributed by atoms with E-state index in [0.29, 0.717) is 13.0 Å². The van der Waals surface area contributed by atoms with Crippen molar-refractivity contribution in [2.24, 2.45) is 0 Å². The standard InChI is InChI=1S/C33H46N4O5/c1-8-36(32(40)41)29-19-22(2)37(7,23(3)38)30-14-13-26(20-28(29)30)25-11-9-24(10-12-25)21-35-17-15-27(16-18-35)34-31(39)42-33(4,5)6/h9-14,20,22,27,29H,8,15-19,21H2,1-7H3,(H-,34,39,40,41)/t22-,29?,37+/m0/s1. The number of carboxylic acid groups (broad SMARTS) is 1. The lowest BCUT2D eigenvalue weighted by Gasteiger charge is -2.47. The van der Waals surface area contributed by atoms with Crippen LogP contribution < -0.4 is 14.9 Å². The molecule has 3 atom stereocenters. The average molecular weight is 579 g/mol. The molecule has 42 heavy (non-hydrogen) atoms. The number of ether oxygens (including phenoxy) is 1. The van der Waals surface area contributed by atoms with Crippen LogP contribution in [0.5, 0.6) is 0 Å². The minimum absolute atomic E-state index is 0.0282. The van der Waals surface area contributed by atoms with Crippen molar-refractivity contribution in [3.8, 4) is 11.1 Å². The fourth-order valence-electron chi connectivity index (χ4n) is 6.34. The summed E-state index contributed by atoms with van der Waals surface area (Å²) in [6, 6.07) is 14.2. The molecule has 0 aliphatic carbocycles. The number of piperidine rings is 1. The third-order valence-electron chi connectivity index (χ3n) is 8.94. The average Bonchev–Trinajstić information content (AvgIpc) is 2.91. The van der Waals surface area contributed by atoms with Gasteiger partial charge in [0.25, 0.3) is 0 Å². The molecule has 9 nitrogen and oxygen atoms in total. The van der Waals surface area contributed by atoms with E-state index in [2.05, 4.69) is 34.5 Å². The van der Waals surface area contributed by atoms with E-state index < -0.39 is 11.7 Å². The predicted molar refractivity (Wildman–Crippen MR) is 163 cm³/mol. The first kappa shape index (κ1) is 31.5. The van der Waals surface area contributed by atoms with E-state index in [9.17, 15) is 19.5 Å². The van der Waals surface area contributed by atoms with Crippen molar-refractivity contribution in [1.29, 1.82) is 0 Å². The Kier molecular flexibility index (Phi) is 9.33. The first-order valence-electron chi connectivity index (χ1n) is 15.0. The Balaban J connectivity index is 1.47. The maximum absolute atomic E-state index is 12.8. The molecule has 2 aromatic carbocycles. The minimum Gasteiger partial charge on any atom is -0.530 e. The van der Waals surface area contributed by atoms with Crippen LogP contribution in [0.2, 0.25) is 0 Å². The molecule has 2 aliphatic rings. The molecule has 0 spiro atoms. The molecule has 1 fully saturated rings. The zero-order chi connectivity index (χ0) is 30.8. The SMILES string of the molecule is CCN(C(=O)[O-])C1C[C@H](C)[N@+](C)(C(C)=O)c2ccc(-c3ccc(CN4CCC(NC(=O)OC(C)(C)C)CC4)cc3)cc21. The lowest BCUT2D eigenvalue weighted by atomic mass is 9.86. The van der Waals surface area contributed by atoms with Gasteiger partial charge in [-0.2, -0.15) is 0 Å². The lowest BCUT2D eigenvalue weighted by molar-refractivity contribution is -0.268. The Morgan fingerprint density at radius 2 is 1.69 bits per heavy atom. The molecule has 0 aromatic heterocycles. The molecule has 0 bridgehead atoms. The number of alkyl carbamates (subject to hydrolysis) is 1. The van der Waals surface area contributed by atoms with Crippen molar-refractivity contribution < 1.29 is 24.2 Å². The molecule has 2 heterocycles. The van der Waals surface area contributed by atoms with Gasteiger partial charge >= 0.3 is 12.0 Å². The quantitative estimate of drug-likeness (QED) is 0.493. The van der Waals surface area contributed by atoms with Gasteiger partial charge in [0, 0.05) is 50.3 Å². The summed E-state index contributed by atoms with van der Waals surface area (Å²) in [5.41, 5.74) is 4.43. The van der Waals surface area contributed by atoms with Gasteiger partial charge in [-0.3, -0.25) is 4.90 Å². The molecule has 1 unspecified atom stereocenters. The number of benzene rings is 2. The van der Waals surface area contributed by atoms with Crippen LogP contribution in [0.1, 0.15) is 78.0 Å². The highest BCUT2D eigenvalue weighted by atomic mass is 16.6. The molecule has 3 amide bonds. The van der Waals surface area contributed by atoms with Gasteiger partial charge in [0.2, 0.25) is 0 Å². The highest BCUT2D eigenvalue weighted by Gasteiger charge is 2.47. The largest absolute Gasteiger partial charge is 0.530 e. The Morgan fingerprint density at radius 3 is 2.24 bits per heavy atom. The van der Waals surface area contributed by atoms with Crippen molar-refractivity contribution in [2.75, 3.05) is 26.7 Å². The first-order chi connectivity index (χ1) is 19.7. The van der Waals surface area contributed by atoms with Gasteiger partial charge < -0.3 is 24.9 Å². The maximum atomic E-state index is 12.8. The van der Waals surface area contributed by atoms with Gasteiger partial charge in [0.1, 0.15) is 17.4 Å². The van der Waals surface area contributed by atoms with Crippen molar-refractivity contribution in [3.63, 3.8) is 0 Å². The van der Waals surface area contributed by atoms with Gasteiger partial charge in [-0.25, -0.2) is 14.1 Å². The molecule has 2 aromatic rings. The second kappa shape index (κ2) is 12.4. The number of likely N-dealkylation sites (tertiary alicyclic amines) is 1. The molecule has 228 valence electrons. The van der Waals surface area contributed by atoms with E-state index in [1.807, 2.05) is 59.9 Å². The number of amides is 3. The van der Waals surface area contributed by atoms with E-state index in [4.69, 9.17) is 4.74 Å². The number of fused-ring (bicyclic) bond motifs is 1. The zero-order valence-corrected chi connectivity index (χ0v) is 26.1. The Labute approximate surface area is 250 Å². The summed E-state index contributed by atoms with van der Waals surface area (Å²) >= 11 is 0. The smallest absolute Gasteiger partial charge is 0.407 e. The second-order valence-electron chi connectivity index (χ2n) is 12.9. The van der Waals surface area contributed by atoms with E-state index in [-0.39, 0.29) is 34.6 Å². The van der Waals surface area contributed by atoms with Gasteiger partial charge in [0.05, 0.1) is 26.1 Å². The molecule has 1 saturated heterocycles. The van der Waals surface area contributed by atoms with Crippen LogP contribution in [0, 0.1) is 0 Å². The van der Waals surface area contributed by atoms with Gasteiger partial charge in [-0.15, -0.1) is 0 Å². The van der Waals surface area contributed by atoms with Crippen molar-refractivity contribution in [1.82, 2.24) is 19.6 Å². The van der Waals surface area contributed by atoms with Gasteiger partial charge in [-0.05, 0) is 76.3 Å². The van der Waals surface area contributed by atoms with Crippen molar-refractivity contribution in [3.05, 3.63) is 53.6 Å². The summed E-state index contributed by atoms with van der Waals surface area (Å²) in [5, 5.41) is 15.0. The van der Waals surface area contributed by atoms with E-state index in [0.717, 1.165) is 54.9 Å². The lowest BCUT2D eigenvalue weighted by Crippen LogP contribution is -2.60. The van der Waals surface area contributed by atoms with Gasteiger partial charge in [-0.1, -0.05) is 24.3 Å². The van der Waals surface area contributed by atoms with Gasteiger partial charge in [0.15, 0.2) is 0 Å². The number of nitrogens with zero attached hydrogens (tertiary/aromatic N) is 3. The molecular weight excluding hydrogens is 532 g/mol. The van der Waals surface area contributed by atoms with Crippen molar-refractivity contribution >= 4 is 23.8 Å². The maximum Gasteiger partial charge on any atom is 0.407 e. The van der Waals surface area contributed by atoms with E-state index in [1.165, 1.54) is 10.5 Å². The molecule has 2 aliphatic heterocycles. The van der Waals surface area contributed by atoms with Crippen LogP contribution in [0.25, 0.3) is 11.1 Å². The molecule has 4 rings (SSSR count). The molecule has 9 heteroatoms. The van der Waals surface area contributed by atoms with E-state index in [1.54, 1.807) is 6.92 Å². The summed E-state index contributed by atoms with van der Waals surface area (Å²) in [6.07, 6.45) is 0.748. The summed E-state index contributed by atoms with van der Waals surface area (Å²) in [4.78, 5) is 40.7. The molecule has 1 N–H and O–H groups in total. The number of quaternary nitrogens is 1. The van der Waals surface area contributed by atoms with Crippen LogP contribution in [0.3, 0.4) is 0 Å². The van der Waals surface area contributed by atoms with Crippen LogP contribution >= 0.6 is 0 Å². The third kappa shape index (κ3) is 6.79. The van der Waals surface area contributed by atoms with Crippen LogP contribution in [-0.4, -0.2) is 72.3 Å². The van der Waals surface area contributed by atoms with Crippen LogP contribution in [-0.2, 0) is 16.1 Å². The zero-order valence-electron chi connectivity index (χ0n) is 26.1.